The van der Waals surface area contributed by atoms with Gasteiger partial charge in [-0.05, 0) is 140 Å². The summed E-state index contributed by atoms with van der Waals surface area (Å²) in [4.78, 5) is 31.0. The second-order valence-electron chi connectivity index (χ2n) is 19.1. The highest BCUT2D eigenvalue weighted by Crippen LogP contribution is 2.52. The zero-order chi connectivity index (χ0) is 49.3. The molecule has 2 aliphatic carbocycles. The van der Waals surface area contributed by atoms with Crippen LogP contribution >= 0.6 is 0 Å². The first-order valence-corrected chi connectivity index (χ1v) is 24.7. The zero-order valence-electron chi connectivity index (χ0n) is 41.0. The van der Waals surface area contributed by atoms with Crippen LogP contribution < -0.4 is 9.80 Å². The molecule has 0 spiro atoms. The predicted octanol–water partition coefficient (Wildman–Crippen LogP) is 16.6. The smallest absolute Gasteiger partial charge is 0.193 e. The number of carbonyl (C=O) groups excluding carboxylic acids is 2. The van der Waals surface area contributed by atoms with E-state index in [1.165, 1.54) is 22.3 Å². The molecule has 0 heterocycles. The van der Waals surface area contributed by atoms with Crippen molar-refractivity contribution in [2.45, 2.75) is 39.5 Å². The highest BCUT2D eigenvalue weighted by atomic mass is 16.1. The zero-order valence-corrected chi connectivity index (χ0v) is 41.0. The number of ketones is 2. The van der Waals surface area contributed by atoms with Crippen molar-refractivity contribution < 1.29 is 9.59 Å². The number of nitrogens with zero attached hydrogens (tertiary/aromatic N) is 2. The summed E-state index contributed by atoms with van der Waals surface area (Å²) in [6.45, 7) is 8.48. The lowest BCUT2D eigenvalue weighted by molar-refractivity contribution is 0.102. The largest absolute Gasteiger partial charge is 0.311 e. The minimum atomic E-state index is -0.769. The molecule has 12 rings (SSSR count). The molecule has 4 nitrogen and oxygen atoms in total. The van der Waals surface area contributed by atoms with Gasteiger partial charge in [-0.3, -0.25) is 9.59 Å². The molecule has 10 aromatic rings. The minimum absolute atomic E-state index is 0.0555. The van der Waals surface area contributed by atoms with Crippen LogP contribution in [0.2, 0.25) is 0 Å². The van der Waals surface area contributed by atoms with E-state index in [0.717, 1.165) is 96.2 Å². The van der Waals surface area contributed by atoms with Crippen molar-refractivity contribution in [1.29, 1.82) is 0 Å². The van der Waals surface area contributed by atoms with Gasteiger partial charge in [0.05, 0.1) is 5.41 Å². The van der Waals surface area contributed by atoms with E-state index in [1.807, 2.05) is 72.8 Å². The molecule has 0 atom stereocenters. The van der Waals surface area contributed by atoms with Crippen LogP contribution in [0.4, 0.5) is 34.1 Å². The van der Waals surface area contributed by atoms with Crippen molar-refractivity contribution in [3.63, 3.8) is 0 Å². The Morgan fingerprint density at radius 2 is 0.542 bits per heavy atom. The summed E-state index contributed by atoms with van der Waals surface area (Å²) in [6.07, 6.45) is 0.873. The maximum Gasteiger partial charge on any atom is 0.193 e. The summed E-state index contributed by atoms with van der Waals surface area (Å²) in [5, 5.41) is 0. The Hall–Kier alpha value is -8.86. The molecule has 0 N–H and O–H groups in total. The molecule has 0 aromatic heterocycles. The number of aryl methyl sites for hydroxylation is 4. The molecule has 348 valence electrons. The average molecular weight is 931 g/mol. The predicted molar refractivity (Wildman–Crippen MR) is 296 cm³/mol. The van der Waals surface area contributed by atoms with Crippen LogP contribution in [-0.2, 0) is 11.8 Å². The molecule has 72 heavy (non-hydrogen) atoms. The van der Waals surface area contributed by atoms with E-state index < -0.39 is 5.41 Å². The fourth-order valence-corrected chi connectivity index (χ4v) is 10.6. The van der Waals surface area contributed by atoms with Crippen LogP contribution in [0.5, 0.6) is 0 Å². The Morgan fingerprint density at radius 3 is 0.861 bits per heavy atom. The van der Waals surface area contributed by atoms with Crippen LogP contribution in [-0.4, -0.2) is 11.6 Å². The van der Waals surface area contributed by atoms with Gasteiger partial charge in [0.2, 0.25) is 0 Å². The lowest BCUT2D eigenvalue weighted by Crippen LogP contribution is -2.38. The monoisotopic (exact) mass is 930 g/mol. The van der Waals surface area contributed by atoms with Crippen molar-refractivity contribution in [1.82, 2.24) is 0 Å². The van der Waals surface area contributed by atoms with Gasteiger partial charge in [0.1, 0.15) is 0 Å². The van der Waals surface area contributed by atoms with Crippen molar-refractivity contribution in [3.8, 4) is 0 Å². The normalized spacial score (nSPS) is 12.8. The van der Waals surface area contributed by atoms with E-state index in [0.29, 0.717) is 0 Å². The van der Waals surface area contributed by atoms with Gasteiger partial charge in [-0.15, -0.1) is 0 Å². The van der Waals surface area contributed by atoms with Crippen LogP contribution in [0, 0.1) is 27.7 Å². The van der Waals surface area contributed by atoms with E-state index in [-0.39, 0.29) is 11.6 Å². The molecule has 0 fully saturated rings. The Bertz CT molecular complexity index is 3270. The molecule has 0 aliphatic heterocycles. The first-order chi connectivity index (χ1) is 35.2. The summed E-state index contributed by atoms with van der Waals surface area (Å²) >= 11 is 0. The second kappa shape index (κ2) is 19.1. The van der Waals surface area contributed by atoms with Crippen LogP contribution in [0.3, 0.4) is 0 Å². The molecule has 0 bridgehead atoms. The molecular formula is C68H54N2O2. The molecule has 10 aromatic carbocycles. The van der Waals surface area contributed by atoms with Gasteiger partial charge in [-0.1, -0.05) is 192 Å². The summed E-state index contributed by atoms with van der Waals surface area (Å²) < 4.78 is 0. The number of carbonyl (C=O) groups is 2. The van der Waals surface area contributed by atoms with Gasteiger partial charge in [0, 0.05) is 56.4 Å². The average Bonchev–Trinajstić information content (AvgIpc) is 3.42. The third-order valence-electron chi connectivity index (χ3n) is 14.3. The molecule has 0 amide bonds. The highest BCUT2D eigenvalue weighted by Gasteiger charge is 2.46. The lowest BCUT2D eigenvalue weighted by Gasteiger charge is -2.42. The number of fused-ring (bicyclic) bond motifs is 4. The molecule has 0 saturated heterocycles. The molecule has 2 aliphatic rings. The van der Waals surface area contributed by atoms with E-state index in [2.05, 4.69) is 207 Å². The van der Waals surface area contributed by atoms with Gasteiger partial charge >= 0.3 is 0 Å². The van der Waals surface area contributed by atoms with Gasteiger partial charge < -0.3 is 9.80 Å². The highest BCUT2D eigenvalue weighted by molar-refractivity contribution is 6.14. The van der Waals surface area contributed by atoms with Gasteiger partial charge in [-0.2, -0.15) is 0 Å². The van der Waals surface area contributed by atoms with Gasteiger partial charge in [0.25, 0.3) is 0 Å². The lowest BCUT2D eigenvalue weighted by atomic mass is 9.59. The summed E-state index contributed by atoms with van der Waals surface area (Å²) in [5.41, 5.74) is 20.2. The summed E-state index contributed by atoms with van der Waals surface area (Å²) in [7, 11) is 0. The third kappa shape index (κ3) is 8.31. The standard InChI is InChI=1S/C54H44N2O.C14H10O/c1-37-13-25-43(26-14-37)55(44-27-15-38(2)16-28-44)47-33-21-41(22-34-47)54(51-11-7-5-9-49(51)53(57)50-10-6-8-12-52(50)54)42-23-35-48(36-24-42)56(45-29-17-39(3)18-30-45)46-31-19-40(4)20-32-46;15-14-12-7-3-1-5-10(12)9-11-6-2-4-8-13(11)14/h5-36H,1-4H3;1-8H,9H2. The molecule has 4 heteroatoms. The second-order valence-corrected chi connectivity index (χ2v) is 19.1. The fraction of sp³-hybridized carbons (Fsp3) is 0.0882. The van der Waals surface area contributed by atoms with E-state index >= 15 is 0 Å². The number of anilines is 6. The van der Waals surface area contributed by atoms with E-state index in [9.17, 15) is 9.59 Å². The maximum absolute atomic E-state index is 14.3. The SMILES string of the molecule is Cc1ccc(N(c2ccc(C)cc2)c2ccc(C3(c4ccc(N(c5ccc(C)cc5)c5ccc(C)cc5)cc4)c4ccccc4C(=O)c4ccccc43)cc2)cc1.O=C1c2ccccc2Cc2ccccc21. The topological polar surface area (TPSA) is 40.6 Å². The Morgan fingerprint density at radius 1 is 0.292 bits per heavy atom. The molecular weight excluding hydrogens is 877 g/mol. The third-order valence-corrected chi connectivity index (χ3v) is 14.3. The van der Waals surface area contributed by atoms with Crippen molar-refractivity contribution in [3.05, 3.63) is 321 Å². The summed E-state index contributed by atoms with van der Waals surface area (Å²) in [6, 6.07) is 84.7. The van der Waals surface area contributed by atoms with Crippen LogP contribution in [0.15, 0.2) is 243 Å². The van der Waals surface area contributed by atoms with Gasteiger partial charge in [0.15, 0.2) is 11.6 Å². The molecule has 0 radical (unpaired) electrons. The number of hydrogen-bond donors (Lipinski definition) is 0. The van der Waals surface area contributed by atoms with Crippen LogP contribution in [0.25, 0.3) is 0 Å². The quantitative estimate of drug-likeness (QED) is 0.152. The first kappa shape index (κ1) is 45.6. The summed E-state index contributed by atoms with van der Waals surface area (Å²) in [5.74, 6) is 0.215. The number of rotatable bonds is 8. The van der Waals surface area contributed by atoms with Crippen LogP contribution in [0.1, 0.15) is 87.5 Å². The molecule has 0 saturated carbocycles. The Labute approximate surface area is 423 Å². The minimum Gasteiger partial charge on any atom is -0.311 e. The van der Waals surface area contributed by atoms with Gasteiger partial charge in [-0.25, -0.2) is 0 Å². The maximum atomic E-state index is 14.3. The van der Waals surface area contributed by atoms with E-state index in [1.54, 1.807) is 0 Å². The number of benzene rings is 10. The van der Waals surface area contributed by atoms with Crippen molar-refractivity contribution in [2.75, 3.05) is 9.80 Å². The fourth-order valence-electron chi connectivity index (χ4n) is 10.6. The molecule has 0 unspecified atom stereocenters. The van der Waals surface area contributed by atoms with E-state index in [4.69, 9.17) is 0 Å². The first-order valence-electron chi connectivity index (χ1n) is 24.7. The Balaban J connectivity index is 0.000000316. The Kier molecular flexibility index (Phi) is 12.1. The number of hydrogen-bond acceptors (Lipinski definition) is 4. The van der Waals surface area contributed by atoms with Crippen molar-refractivity contribution >= 4 is 45.7 Å². The van der Waals surface area contributed by atoms with Crippen molar-refractivity contribution in [2.24, 2.45) is 0 Å².